The maximum Gasteiger partial charge on any atom is 0.263 e. The van der Waals surface area contributed by atoms with Gasteiger partial charge in [0.25, 0.3) is 11.8 Å². The molecule has 3 fully saturated rings. The minimum absolute atomic E-state index is 0.00694. The van der Waals surface area contributed by atoms with Crippen LogP contribution in [0.5, 0.6) is 5.75 Å². The van der Waals surface area contributed by atoms with Crippen molar-refractivity contribution in [2.24, 2.45) is 0 Å². The summed E-state index contributed by atoms with van der Waals surface area (Å²) >= 11 is 5.74. The molecule has 2 saturated heterocycles. The van der Waals surface area contributed by atoms with Crippen molar-refractivity contribution >= 4 is 29.2 Å². The summed E-state index contributed by atoms with van der Waals surface area (Å²) in [5.74, 6) is 0.229. The van der Waals surface area contributed by atoms with Crippen molar-refractivity contribution < 1.29 is 18.7 Å². The minimum Gasteiger partial charge on any atom is -0.478 e. The predicted octanol–water partition coefficient (Wildman–Crippen LogP) is 4.24. The van der Waals surface area contributed by atoms with Gasteiger partial charge < -0.3 is 20.3 Å². The third-order valence-corrected chi connectivity index (χ3v) is 7.37. The molecule has 2 aromatic rings. The van der Waals surface area contributed by atoms with Gasteiger partial charge in [-0.25, -0.2) is 9.37 Å². The fraction of sp³-hybridized carbons (Fsp3) is 0.500. The SMILES string of the molecule is CC(C)(Oc1ccc(Cl)c(F)c1)C(=O)N[C@H]1C[C@H]2CC[C@@H](C1)N2c1ccc(C(=O)NC2CC2)cn1. The van der Waals surface area contributed by atoms with Crippen LogP contribution in [0.15, 0.2) is 36.5 Å². The number of rotatable bonds is 7. The lowest BCUT2D eigenvalue weighted by Crippen LogP contribution is -2.55. The van der Waals surface area contributed by atoms with E-state index < -0.39 is 11.4 Å². The summed E-state index contributed by atoms with van der Waals surface area (Å²) in [6.45, 7) is 3.34. The minimum atomic E-state index is -1.17. The van der Waals surface area contributed by atoms with Gasteiger partial charge in [-0.1, -0.05) is 11.6 Å². The molecule has 1 aromatic heterocycles. The molecule has 2 bridgehead atoms. The summed E-state index contributed by atoms with van der Waals surface area (Å²) in [4.78, 5) is 32.2. The van der Waals surface area contributed by atoms with Crippen molar-refractivity contribution in [3.05, 3.63) is 52.9 Å². The highest BCUT2D eigenvalue weighted by molar-refractivity contribution is 6.30. The number of amides is 2. The Kier molecular flexibility index (Phi) is 6.34. The molecule has 7 nitrogen and oxygen atoms in total. The van der Waals surface area contributed by atoms with Crippen LogP contribution < -0.4 is 20.3 Å². The number of fused-ring (bicyclic) bond motifs is 2. The van der Waals surface area contributed by atoms with Crippen LogP contribution in [0, 0.1) is 5.82 Å². The van der Waals surface area contributed by atoms with Crippen molar-refractivity contribution in [2.45, 2.75) is 82.1 Å². The number of nitrogens with zero attached hydrogens (tertiary/aromatic N) is 2. The maximum atomic E-state index is 13.8. The smallest absolute Gasteiger partial charge is 0.263 e. The third kappa shape index (κ3) is 5.22. The quantitative estimate of drug-likeness (QED) is 0.594. The molecule has 1 aliphatic carbocycles. The number of benzene rings is 1. The van der Waals surface area contributed by atoms with E-state index in [2.05, 4.69) is 20.5 Å². The zero-order valence-corrected chi connectivity index (χ0v) is 20.6. The van der Waals surface area contributed by atoms with Gasteiger partial charge in [0.1, 0.15) is 17.4 Å². The van der Waals surface area contributed by atoms with Crippen molar-refractivity contribution in [3.8, 4) is 5.75 Å². The van der Waals surface area contributed by atoms with Crippen molar-refractivity contribution in [1.82, 2.24) is 15.6 Å². The first-order valence-corrected chi connectivity index (χ1v) is 12.6. The molecule has 1 aromatic carbocycles. The first-order valence-electron chi connectivity index (χ1n) is 12.2. The molecular formula is C26H30ClFN4O3. The average molecular weight is 501 g/mol. The zero-order chi connectivity index (χ0) is 24.7. The van der Waals surface area contributed by atoms with Crippen molar-refractivity contribution in [2.75, 3.05) is 4.90 Å². The number of aromatic nitrogens is 1. The van der Waals surface area contributed by atoms with E-state index in [-0.39, 0.29) is 40.7 Å². The second kappa shape index (κ2) is 9.30. The summed E-state index contributed by atoms with van der Waals surface area (Å²) in [6, 6.07) is 8.78. The van der Waals surface area contributed by atoms with Gasteiger partial charge in [-0.15, -0.1) is 0 Å². The fourth-order valence-electron chi connectivity index (χ4n) is 5.08. The van der Waals surface area contributed by atoms with Gasteiger partial charge in [0.2, 0.25) is 0 Å². The molecule has 9 heteroatoms. The van der Waals surface area contributed by atoms with E-state index in [0.29, 0.717) is 11.6 Å². The predicted molar refractivity (Wildman–Crippen MR) is 131 cm³/mol. The Hall–Kier alpha value is -2.87. The number of halogens is 2. The first-order chi connectivity index (χ1) is 16.7. The number of hydrogen-bond donors (Lipinski definition) is 2. The number of anilines is 1. The lowest BCUT2D eigenvalue weighted by molar-refractivity contribution is -0.135. The van der Waals surface area contributed by atoms with E-state index in [1.165, 1.54) is 12.1 Å². The van der Waals surface area contributed by atoms with Crippen LogP contribution in [-0.4, -0.2) is 46.6 Å². The molecule has 0 spiro atoms. The van der Waals surface area contributed by atoms with Gasteiger partial charge in [-0.3, -0.25) is 9.59 Å². The van der Waals surface area contributed by atoms with Gasteiger partial charge in [0, 0.05) is 36.4 Å². The lowest BCUT2D eigenvalue weighted by atomic mass is 9.96. The van der Waals surface area contributed by atoms with Gasteiger partial charge in [-0.2, -0.15) is 0 Å². The van der Waals surface area contributed by atoms with Crippen LogP contribution in [0.1, 0.15) is 62.7 Å². The van der Waals surface area contributed by atoms with E-state index >= 15 is 0 Å². The number of ether oxygens (including phenoxy) is 1. The number of hydrogen-bond acceptors (Lipinski definition) is 5. The summed E-state index contributed by atoms with van der Waals surface area (Å²) in [5.41, 5.74) is -0.590. The van der Waals surface area contributed by atoms with Crippen LogP contribution in [0.2, 0.25) is 5.02 Å². The van der Waals surface area contributed by atoms with Crippen LogP contribution in [0.4, 0.5) is 10.2 Å². The molecular weight excluding hydrogens is 471 g/mol. The molecule has 2 N–H and O–H groups in total. The van der Waals surface area contributed by atoms with Crippen molar-refractivity contribution in [1.29, 1.82) is 0 Å². The van der Waals surface area contributed by atoms with Crippen LogP contribution in [-0.2, 0) is 4.79 Å². The summed E-state index contributed by atoms with van der Waals surface area (Å²) in [5, 5.41) is 6.14. The molecule has 0 radical (unpaired) electrons. The standard InChI is InChI=1S/C26H30ClFN4O3/c1-26(2,35-20-8-9-21(27)22(28)13-20)25(34)31-17-11-18-6-7-19(12-17)32(18)23-10-3-15(14-29-23)24(33)30-16-4-5-16/h3,8-10,13-14,16-19H,4-7,11-12H2,1-2H3,(H,30,33)(H,31,34)/t17-,18+,19-. The Balaban J connectivity index is 1.19. The number of pyridine rings is 1. The normalized spacial score (nSPS) is 23.7. The Morgan fingerprint density at radius 3 is 2.37 bits per heavy atom. The van der Waals surface area contributed by atoms with Crippen LogP contribution in [0.25, 0.3) is 0 Å². The van der Waals surface area contributed by atoms with E-state index in [4.69, 9.17) is 16.3 Å². The Labute approximate surface area is 209 Å². The summed E-state index contributed by atoms with van der Waals surface area (Å²) in [7, 11) is 0. The van der Waals surface area contributed by atoms with E-state index in [1.54, 1.807) is 26.1 Å². The van der Waals surface area contributed by atoms with Crippen LogP contribution in [0.3, 0.4) is 0 Å². The molecule has 35 heavy (non-hydrogen) atoms. The highest BCUT2D eigenvalue weighted by atomic mass is 35.5. The number of carbonyl (C=O) groups is 2. The molecule has 3 heterocycles. The average Bonchev–Trinajstić information content (AvgIpc) is 3.59. The van der Waals surface area contributed by atoms with E-state index in [0.717, 1.165) is 44.3 Å². The Bertz CT molecular complexity index is 1110. The molecule has 2 aliphatic heterocycles. The van der Waals surface area contributed by atoms with Gasteiger partial charge in [0.05, 0.1) is 10.6 Å². The Morgan fingerprint density at radius 1 is 1.06 bits per heavy atom. The highest BCUT2D eigenvalue weighted by Gasteiger charge is 2.43. The van der Waals surface area contributed by atoms with E-state index in [1.807, 2.05) is 12.1 Å². The second-order valence-electron chi connectivity index (χ2n) is 10.3. The fourth-order valence-corrected chi connectivity index (χ4v) is 5.20. The van der Waals surface area contributed by atoms with Crippen molar-refractivity contribution in [3.63, 3.8) is 0 Å². The monoisotopic (exact) mass is 500 g/mol. The lowest BCUT2D eigenvalue weighted by Gasteiger charge is -2.40. The summed E-state index contributed by atoms with van der Waals surface area (Å²) < 4.78 is 19.6. The number of nitrogens with one attached hydrogen (secondary N) is 2. The molecule has 5 rings (SSSR count). The first kappa shape index (κ1) is 23.9. The molecule has 3 atom stereocenters. The number of carbonyl (C=O) groups excluding carboxylic acids is 2. The molecule has 2 amide bonds. The van der Waals surface area contributed by atoms with Gasteiger partial charge in [0.15, 0.2) is 5.60 Å². The van der Waals surface area contributed by atoms with Gasteiger partial charge in [-0.05, 0) is 76.6 Å². The topological polar surface area (TPSA) is 83.6 Å². The highest BCUT2D eigenvalue weighted by Crippen LogP contribution is 2.39. The molecule has 1 saturated carbocycles. The second-order valence-corrected chi connectivity index (χ2v) is 10.7. The largest absolute Gasteiger partial charge is 0.478 e. The van der Waals surface area contributed by atoms with Gasteiger partial charge >= 0.3 is 0 Å². The molecule has 0 unspecified atom stereocenters. The third-order valence-electron chi connectivity index (χ3n) is 7.07. The van der Waals surface area contributed by atoms with Crippen LogP contribution >= 0.6 is 11.6 Å². The molecule has 3 aliphatic rings. The van der Waals surface area contributed by atoms with E-state index in [9.17, 15) is 14.0 Å². The Morgan fingerprint density at radius 2 is 1.77 bits per heavy atom. The summed E-state index contributed by atoms with van der Waals surface area (Å²) in [6.07, 6.45) is 7.43. The zero-order valence-electron chi connectivity index (χ0n) is 19.9. The molecule has 186 valence electrons. The maximum absolute atomic E-state index is 13.8. The number of piperidine rings is 1.